The molecule has 0 aliphatic carbocycles. The number of ether oxygens (including phenoxy) is 1. The van der Waals surface area contributed by atoms with Crippen LogP contribution < -0.4 is 8.49 Å². The van der Waals surface area contributed by atoms with Gasteiger partial charge in [-0.25, -0.2) is 22.1 Å². The third-order valence-electron chi connectivity index (χ3n) is 4.80. The number of carbonyl (C=O) groups excluding carboxylic acids is 1. The highest BCUT2D eigenvalue weighted by atomic mass is 32.2. The van der Waals surface area contributed by atoms with Crippen molar-refractivity contribution in [3.8, 4) is 17.0 Å². The van der Waals surface area contributed by atoms with Crippen LogP contribution in [0, 0.1) is 5.82 Å². The fraction of sp³-hybridized carbons (Fsp3) is 0.300. The zero-order valence-electron chi connectivity index (χ0n) is 18.9. The Balaban J connectivity index is 2.42. The molecule has 0 aliphatic rings. The maximum absolute atomic E-state index is 13.4. The molecule has 0 fully saturated rings. The molecule has 0 radical (unpaired) electrons. The number of hydrogen-bond donors (Lipinski definition) is 0. The summed E-state index contributed by atoms with van der Waals surface area (Å²) in [6, 6.07) is 5.43. The van der Waals surface area contributed by atoms with Gasteiger partial charge in [-0.05, 0) is 30.7 Å². The molecular weight excluding hydrogens is 534 g/mol. The van der Waals surface area contributed by atoms with E-state index in [1.54, 1.807) is 6.92 Å². The van der Waals surface area contributed by atoms with Gasteiger partial charge in [-0.1, -0.05) is 6.92 Å². The highest BCUT2D eigenvalue weighted by Crippen LogP contribution is 2.38. The fourth-order valence-corrected chi connectivity index (χ4v) is 4.74. The number of anilines is 1. The van der Waals surface area contributed by atoms with Crippen molar-refractivity contribution in [2.75, 3.05) is 24.2 Å². The van der Waals surface area contributed by atoms with E-state index in [1.807, 2.05) is 0 Å². The second kappa shape index (κ2) is 9.57. The van der Waals surface area contributed by atoms with Crippen LogP contribution in [-0.2, 0) is 24.9 Å². The quantitative estimate of drug-likeness (QED) is 0.180. The van der Waals surface area contributed by atoms with Crippen molar-refractivity contribution in [3.63, 3.8) is 0 Å². The second-order valence-electron chi connectivity index (χ2n) is 7.39. The van der Waals surface area contributed by atoms with Crippen molar-refractivity contribution >= 4 is 37.3 Å². The van der Waals surface area contributed by atoms with Gasteiger partial charge in [0.15, 0.2) is 5.75 Å². The van der Waals surface area contributed by atoms with Gasteiger partial charge in [-0.2, -0.15) is 26.7 Å². The average Bonchev–Trinajstić information content (AvgIpc) is 3.13. The third kappa shape index (κ3) is 5.23. The number of hydrogen-bond acceptors (Lipinski definition) is 8. The molecule has 3 rings (SSSR count). The zero-order chi connectivity index (χ0) is 27.1. The summed E-state index contributed by atoms with van der Waals surface area (Å²) in [6.45, 7) is 1.34. The highest BCUT2D eigenvalue weighted by molar-refractivity contribution is 7.92. The van der Waals surface area contributed by atoms with Crippen LogP contribution in [0.1, 0.15) is 23.7 Å². The number of benzene rings is 1. The van der Waals surface area contributed by atoms with Crippen LogP contribution in [-0.4, -0.2) is 57.8 Å². The number of rotatable bonds is 8. The van der Waals surface area contributed by atoms with Crippen molar-refractivity contribution < 1.29 is 48.1 Å². The van der Waals surface area contributed by atoms with Gasteiger partial charge < -0.3 is 8.92 Å². The van der Waals surface area contributed by atoms with Crippen molar-refractivity contribution in [1.29, 1.82) is 0 Å². The lowest BCUT2D eigenvalue weighted by Crippen LogP contribution is -2.33. The molecule has 0 unspecified atom stereocenters. The second-order valence-corrected chi connectivity index (χ2v) is 10.8. The molecule has 0 N–H and O–H groups in total. The van der Waals surface area contributed by atoms with E-state index < -0.39 is 48.9 Å². The monoisotopic (exact) mass is 553 g/mol. The Kier molecular flexibility index (Phi) is 7.23. The van der Waals surface area contributed by atoms with E-state index in [9.17, 15) is 39.2 Å². The maximum atomic E-state index is 13.4. The smallest absolute Gasteiger partial charge is 0.465 e. The van der Waals surface area contributed by atoms with Gasteiger partial charge >= 0.3 is 21.6 Å². The van der Waals surface area contributed by atoms with Crippen LogP contribution in [0.25, 0.3) is 16.8 Å². The molecule has 0 amide bonds. The number of pyridine rings is 1. The Morgan fingerprint density at radius 3 is 2.25 bits per heavy atom. The lowest BCUT2D eigenvalue weighted by molar-refractivity contribution is -0.0499. The van der Waals surface area contributed by atoms with Crippen LogP contribution >= 0.6 is 0 Å². The number of methoxy groups -OCH3 is 1. The summed E-state index contributed by atoms with van der Waals surface area (Å²) in [7, 11) is -9.35. The third-order valence-corrected chi connectivity index (χ3v) is 6.94. The van der Waals surface area contributed by atoms with Crippen LogP contribution in [0.3, 0.4) is 0 Å². The Bertz CT molecular complexity index is 1520. The number of esters is 1. The predicted octanol–water partition coefficient (Wildman–Crippen LogP) is 3.33. The molecule has 0 spiro atoms. The minimum Gasteiger partial charge on any atom is -0.465 e. The molecule has 10 nitrogen and oxygen atoms in total. The van der Waals surface area contributed by atoms with E-state index >= 15 is 0 Å². The molecule has 36 heavy (non-hydrogen) atoms. The number of carbonyl (C=O) groups is 1. The standard InChI is InChI=1S/C20H19F4N3O7S2/c1-4-9-27(35(3,29)30)15-11-26-14(10-16(15)34-36(31,32)20(22,23)24)17(19(28)33-2)18(25-26)12-5-7-13(21)8-6-12/h5-8,10-11H,4,9H2,1-3H3. The summed E-state index contributed by atoms with van der Waals surface area (Å²) in [5.41, 5.74) is -6.87. The first-order valence-electron chi connectivity index (χ1n) is 9.99. The Hall–Kier alpha value is -3.40. The highest BCUT2D eigenvalue weighted by Gasteiger charge is 2.49. The SMILES string of the molecule is CCCN(c1cn2nc(-c3ccc(F)cc3)c(C(=O)OC)c2cc1OS(=O)(=O)C(F)(F)F)S(C)(=O)=O. The van der Waals surface area contributed by atoms with E-state index in [-0.39, 0.29) is 35.3 Å². The molecule has 1 aromatic carbocycles. The van der Waals surface area contributed by atoms with Crippen LogP contribution in [0.4, 0.5) is 23.2 Å². The topological polar surface area (TPSA) is 124 Å². The number of alkyl halides is 3. The predicted molar refractivity (Wildman–Crippen MR) is 120 cm³/mol. The summed E-state index contributed by atoms with van der Waals surface area (Å²) in [6.07, 6.45) is 1.87. The van der Waals surface area contributed by atoms with Gasteiger partial charge in [0.1, 0.15) is 22.8 Å². The van der Waals surface area contributed by atoms with Gasteiger partial charge in [0.05, 0.1) is 25.1 Å². The minimum absolute atomic E-state index is 0.0926. The first-order chi connectivity index (χ1) is 16.6. The van der Waals surface area contributed by atoms with Crippen molar-refractivity contribution in [2.45, 2.75) is 18.9 Å². The van der Waals surface area contributed by atoms with Crippen molar-refractivity contribution in [1.82, 2.24) is 9.61 Å². The minimum atomic E-state index is -6.23. The summed E-state index contributed by atoms with van der Waals surface area (Å²) < 4.78 is 112. The molecule has 0 atom stereocenters. The fourth-order valence-electron chi connectivity index (χ4n) is 3.26. The lowest BCUT2D eigenvalue weighted by Gasteiger charge is -2.24. The molecule has 16 heteroatoms. The van der Waals surface area contributed by atoms with E-state index in [0.717, 1.165) is 42.3 Å². The molecular formula is C20H19F4N3O7S2. The van der Waals surface area contributed by atoms with Gasteiger partial charge in [0, 0.05) is 18.2 Å². The molecule has 3 aromatic rings. The van der Waals surface area contributed by atoms with Crippen LogP contribution in [0.2, 0.25) is 0 Å². The van der Waals surface area contributed by atoms with Gasteiger partial charge in [-0.15, -0.1) is 0 Å². The first kappa shape index (κ1) is 27.2. The van der Waals surface area contributed by atoms with Gasteiger partial charge in [-0.3, -0.25) is 4.31 Å². The number of sulfonamides is 1. The Labute approximate surface area is 203 Å². The first-order valence-corrected chi connectivity index (χ1v) is 13.3. The average molecular weight is 554 g/mol. The van der Waals surface area contributed by atoms with E-state index in [0.29, 0.717) is 4.31 Å². The van der Waals surface area contributed by atoms with Crippen molar-refractivity contribution in [2.24, 2.45) is 0 Å². The molecule has 0 bridgehead atoms. The normalized spacial score (nSPS) is 12.5. The van der Waals surface area contributed by atoms with Crippen molar-refractivity contribution in [3.05, 3.63) is 47.9 Å². The summed E-state index contributed by atoms with van der Waals surface area (Å²) in [4.78, 5) is 12.6. The molecule has 0 saturated carbocycles. The molecule has 196 valence electrons. The van der Waals surface area contributed by atoms with Gasteiger partial charge in [0.25, 0.3) is 0 Å². The van der Waals surface area contributed by atoms with E-state index in [2.05, 4.69) is 9.28 Å². The summed E-state index contributed by atoms with van der Waals surface area (Å²) in [5, 5.41) is 4.20. The van der Waals surface area contributed by atoms with Crippen LogP contribution in [0.15, 0.2) is 36.5 Å². The van der Waals surface area contributed by atoms with E-state index in [1.165, 1.54) is 12.1 Å². The molecule has 2 aromatic heterocycles. The van der Waals surface area contributed by atoms with Gasteiger partial charge in [0.2, 0.25) is 10.0 Å². The summed E-state index contributed by atoms with van der Waals surface area (Å²) in [5.74, 6) is -2.62. The molecule has 0 aliphatic heterocycles. The largest absolute Gasteiger partial charge is 0.534 e. The number of fused-ring (bicyclic) bond motifs is 1. The Morgan fingerprint density at radius 1 is 1.14 bits per heavy atom. The Morgan fingerprint density at radius 2 is 1.75 bits per heavy atom. The lowest BCUT2D eigenvalue weighted by atomic mass is 10.1. The zero-order valence-corrected chi connectivity index (χ0v) is 20.5. The maximum Gasteiger partial charge on any atom is 0.534 e. The number of nitrogens with zero attached hydrogens (tertiary/aromatic N) is 3. The van der Waals surface area contributed by atoms with E-state index in [4.69, 9.17) is 4.74 Å². The molecule has 2 heterocycles. The number of aromatic nitrogens is 2. The number of halogens is 4. The molecule has 0 saturated heterocycles. The van der Waals surface area contributed by atoms with Crippen LogP contribution in [0.5, 0.6) is 5.75 Å². The summed E-state index contributed by atoms with van der Waals surface area (Å²) >= 11 is 0.